The lowest BCUT2D eigenvalue weighted by atomic mass is 9.69. The number of piperidine rings is 1. The number of hydrogen-bond donors (Lipinski definition) is 1. The van der Waals surface area contributed by atoms with Gasteiger partial charge in [-0.1, -0.05) is 0 Å². The number of carbonyl (C=O) groups is 1. The second-order valence-electron chi connectivity index (χ2n) is 6.46. The van der Waals surface area contributed by atoms with Crippen molar-refractivity contribution in [1.29, 1.82) is 0 Å². The number of ether oxygens (including phenoxy) is 1. The maximum atomic E-state index is 12.2. The van der Waals surface area contributed by atoms with Crippen LogP contribution in [0.5, 0.6) is 0 Å². The van der Waals surface area contributed by atoms with Crippen LogP contribution < -0.4 is 5.73 Å². The zero-order valence-electron chi connectivity index (χ0n) is 11.2. The summed E-state index contributed by atoms with van der Waals surface area (Å²) in [5.74, 6) is 0. The van der Waals surface area contributed by atoms with Crippen molar-refractivity contribution in [2.24, 2.45) is 5.73 Å². The van der Waals surface area contributed by atoms with Crippen LogP contribution in [0, 0.1) is 0 Å². The van der Waals surface area contributed by atoms with Gasteiger partial charge in [0, 0.05) is 18.1 Å². The van der Waals surface area contributed by atoms with Crippen molar-refractivity contribution in [3.8, 4) is 0 Å². The molecule has 0 aromatic rings. The molecule has 0 bridgehead atoms. The van der Waals surface area contributed by atoms with Gasteiger partial charge in [0.05, 0.1) is 0 Å². The summed E-state index contributed by atoms with van der Waals surface area (Å²) in [5, 5.41) is 0. The van der Waals surface area contributed by atoms with Crippen molar-refractivity contribution in [2.45, 2.75) is 70.1 Å². The molecule has 1 saturated carbocycles. The molecule has 1 amide bonds. The maximum Gasteiger partial charge on any atom is 0.410 e. The van der Waals surface area contributed by atoms with Crippen molar-refractivity contribution < 1.29 is 9.53 Å². The molecule has 1 saturated heterocycles. The Labute approximate surface area is 103 Å². The minimum Gasteiger partial charge on any atom is -0.444 e. The number of carbonyl (C=O) groups excluding carboxylic acids is 1. The highest BCUT2D eigenvalue weighted by atomic mass is 16.6. The summed E-state index contributed by atoms with van der Waals surface area (Å²) in [6, 6.07) is 0.244. The van der Waals surface area contributed by atoms with Gasteiger partial charge in [0.2, 0.25) is 0 Å². The van der Waals surface area contributed by atoms with Crippen LogP contribution in [0.1, 0.15) is 52.9 Å². The van der Waals surface area contributed by atoms with Crippen LogP contribution in [-0.4, -0.2) is 34.7 Å². The number of nitrogens with two attached hydrogens (primary N) is 1. The molecule has 1 spiro atoms. The van der Waals surface area contributed by atoms with E-state index in [1.165, 1.54) is 6.42 Å². The SMILES string of the molecule is CC(C)(C)OC(=O)N1CC[C@@H](N)CC12CCC2. The lowest BCUT2D eigenvalue weighted by molar-refractivity contribution is -0.0464. The van der Waals surface area contributed by atoms with Crippen molar-refractivity contribution in [3.63, 3.8) is 0 Å². The topological polar surface area (TPSA) is 55.6 Å². The summed E-state index contributed by atoms with van der Waals surface area (Å²) in [6.45, 7) is 6.48. The first kappa shape index (κ1) is 12.7. The summed E-state index contributed by atoms with van der Waals surface area (Å²) in [6.07, 6.45) is 5.03. The Bertz CT molecular complexity index is 305. The van der Waals surface area contributed by atoms with Crippen molar-refractivity contribution in [1.82, 2.24) is 4.90 Å². The van der Waals surface area contributed by atoms with Gasteiger partial charge in [-0.15, -0.1) is 0 Å². The van der Waals surface area contributed by atoms with Crippen LogP contribution in [0.4, 0.5) is 4.79 Å². The van der Waals surface area contributed by atoms with Crippen LogP contribution in [0.3, 0.4) is 0 Å². The zero-order chi connectivity index (χ0) is 12.7. The molecule has 17 heavy (non-hydrogen) atoms. The van der Waals surface area contributed by atoms with E-state index in [0.29, 0.717) is 0 Å². The largest absolute Gasteiger partial charge is 0.444 e. The van der Waals surface area contributed by atoms with Crippen LogP contribution in [0.25, 0.3) is 0 Å². The average molecular weight is 240 g/mol. The van der Waals surface area contributed by atoms with E-state index >= 15 is 0 Å². The third kappa shape index (κ3) is 2.57. The highest BCUT2D eigenvalue weighted by Gasteiger charge is 2.49. The standard InChI is InChI=1S/C13H24N2O2/c1-12(2,3)17-11(16)15-8-5-10(14)9-13(15)6-4-7-13/h10H,4-9,14H2,1-3H3/t10-/m1/s1. The first-order chi connectivity index (χ1) is 7.82. The summed E-state index contributed by atoms with van der Waals surface area (Å²) >= 11 is 0. The van der Waals surface area contributed by atoms with E-state index in [1.807, 2.05) is 25.7 Å². The molecule has 1 aliphatic carbocycles. The van der Waals surface area contributed by atoms with E-state index < -0.39 is 5.60 Å². The van der Waals surface area contributed by atoms with Gasteiger partial charge in [0.1, 0.15) is 5.60 Å². The number of rotatable bonds is 0. The molecule has 4 heteroatoms. The molecule has 1 atom stereocenters. The van der Waals surface area contributed by atoms with Crippen LogP contribution in [0.2, 0.25) is 0 Å². The van der Waals surface area contributed by atoms with Gasteiger partial charge in [0.15, 0.2) is 0 Å². The van der Waals surface area contributed by atoms with Gasteiger partial charge < -0.3 is 15.4 Å². The van der Waals surface area contributed by atoms with Gasteiger partial charge in [-0.05, 0) is 52.9 Å². The fourth-order valence-electron chi connectivity index (χ4n) is 2.89. The average Bonchev–Trinajstić information content (AvgIpc) is 2.12. The Hall–Kier alpha value is -0.770. The van der Waals surface area contributed by atoms with Crippen LogP contribution in [0.15, 0.2) is 0 Å². The smallest absolute Gasteiger partial charge is 0.410 e. The van der Waals surface area contributed by atoms with E-state index in [-0.39, 0.29) is 17.7 Å². The number of nitrogens with zero attached hydrogens (tertiary/aromatic N) is 1. The molecule has 2 fully saturated rings. The van der Waals surface area contributed by atoms with Gasteiger partial charge >= 0.3 is 6.09 Å². The molecule has 0 unspecified atom stereocenters. The molecule has 1 heterocycles. The molecule has 2 rings (SSSR count). The monoisotopic (exact) mass is 240 g/mol. The van der Waals surface area contributed by atoms with Crippen molar-refractivity contribution in [2.75, 3.05) is 6.54 Å². The van der Waals surface area contributed by atoms with E-state index in [1.54, 1.807) is 0 Å². The minimum absolute atomic E-state index is 0.0139. The normalized spacial score (nSPS) is 27.8. The number of hydrogen-bond acceptors (Lipinski definition) is 3. The minimum atomic E-state index is -0.415. The summed E-state index contributed by atoms with van der Waals surface area (Å²) < 4.78 is 5.49. The van der Waals surface area contributed by atoms with Crippen molar-refractivity contribution in [3.05, 3.63) is 0 Å². The predicted molar refractivity (Wildman–Crippen MR) is 66.7 cm³/mol. The molecule has 98 valence electrons. The Morgan fingerprint density at radius 3 is 2.53 bits per heavy atom. The highest BCUT2D eigenvalue weighted by molar-refractivity contribution is 5.69. The maximum absolute atomic E-state index is 12.2. The second-order valence-corrected chi connectivity index (χ2v) is 6.46. The number of likely N-dealkylation sites (tertiary alicyclic amines) is 1. The third-order valence-electron chi connectivity index (χ3n) is 3.84. The first-order valence-electron chi connectivity index (χ1n) is 6.59. The molecule has 2 aliphatic rings. The van der Waals surface area contributed by atoms with Gasteiger partial charge in [-0.3, -0.25) is 0 Å². The summed E-state index contributed by atoms with van der Waals surface area (Å²) in [7, 11) is 0. The van der Waals surface area contributed by atoms with Gasteiger partial charge in [-0.2, -0.15) is 0 Å². The highest BCUT2D eigenvalue weighted by Crippen LogP contribution is 2.44. The Balaban J connectivity index is 2.06. The van der Waals surface area contributed by atoms with E-state index in [4.69, 9.17) is 10.5 Å². The molecule has 0 aromatic heterocycles. The molecule has 0 radical (unpaired) electrons. The first-order valence-corrected chi connectivity index (χ1v) is 6.59. The van der Waals surface area contributed by atoms with Gasteiger partial charge in [-0.25, -0.2) is 4.79 Å². The Kier molecular flexibility index (Phi) is 3.10. The molecule has 4 nitrogen and oxygen atoms in total. The fourth-order valence-corrected chi connectivity index (χ4v) is 2.89. The Morgan fingerprint density at radius 1 is 1.41 bits per heavy atom. The number of amides is 1. The van der Waals surface area contributed by atoms with E-state index in [2.05, 4.69) is 0 Å². The van der Waals surface area contributed by atoms with Crippen LogP contribution >= 0.6 is 0 Å². The van der Waals surface area contributed by atoms with E-state index in [0.717, 1.165) is 32.2 Å². The molecule has 2 N–H and O–H groups in total. The fraction of sp³-hybridized carbons (Fsp3) is 0.923. The van der Waals surface area contributed by atoms with Crippen LogP contribution in [-0.2, 0) is 4.74 Å². The molecule has 0 aromatic carbocycles. The van der Waals surface area contributed by atoms with Crippen molar-refractivity contribution >= 4 is 6.09 Å². The molecular weight excluding hydrogens is 216 g/mol. The second kappa shape index (κ2) is 4.16. The molecule has 1 aliphatic heterocycles. The predicted octanol–water partition coefficient (Wildman–Crippen LogP) is 2.27. The molecular formula is C13H24N2O2. The summed E-state index contributed by atoms with van der Waals surface area (Å²) in [4.78, 5) is 14.1. The van der Waals surface area contributed by atoms with Gasteiger partial charge in [0.25, 0.3) is 0 Å². The Morgan fingerprint density at radius 2 is 2.06 bits per heavy atom. The summed E-state index contributed by atoms with van der Waals surface area (Å²) in [5.41, 5.74) is 5.63. The lowest BCUT2D eigenvalue weighted by Crippen LogP contribution is -2.62. The lowest BCUT2D eigenvalue weighted by Gasteiger charge is -2.54. The quantitative estimate of drug-likeness (QED) is 0.706. The van der Waals surface area contributed by atoms with E-state index in [9.17, 15) is 4.79 Å². The zero-order valence-corrected chi connectivity index (χ0v) is 11.2. The third-order valence-corrected chi connectivity index (χ3v) is 3.84.